The normalized spacial score (nSPS) is 13.2. The average Bonchev–Trinajstić information content (AvgIpc) is 2.70. The standard InChI is InChI=1S/C13H24N2O2/c1-11(9-14-7-8-16-4)15(3)10-13-6-5-12(2)17-13/h5-6,11,14H,7-10H2,1-4H3. The first-order valence-electron chi connectivity index (χ1n) is 6.08. The topological polar surface area (TPSA) is 37.6 Å². The number of nitrogens with one attached hydrogen (secondary N) is 1. The van der Waals surface area contributed by atoms with E-state index in [1.165, 1.54) is 0 Å². The summed E-state index contributed by atoms with van der Waals surface area (Å²) < 4.78 is 10.6. The number of rotatable bonds is 8. The molecule has 0 bridgehead atoms. The number of methoxy groups -OCH3 is 1. The van der Waals surface area contributed by atoms with E-state index in [0.717, 1.165) is 37.8 Å². The highest BCUT2D eigenvalue weighted by Gasteiger charge is 2.10. The minimum absolute atomic E-state index is 0.470. The maximum Gasteiger partial charge on any atom is 0.118 e. The third kappa shape index (κ3) is 5.35. The molecule has 0 aromatic carbocycles. The van der Waals surface area contributed by atoms with Crippen LogP contribution in [0.1, 0.15) is 18.4 Å². The summed E-state index contributed by atoms with van der Waals surface area (Å²) in [6, 6.07) is 4.51. The van der Waals surface area contributed by atoms with Crippen molar-refractivity contribution in [2.45, 2.75) is 26.4 Å². The highest BCUT2D eigenvalue weighted by molar-refractivity contribution is 5.05. The van der Waals surface area contributed by atoms with Gasteiger partial charge >= 0.3 is 0 Å². The number of hydrogen-bond donors (Lipinski definition) is 1. The van der Waals surface area contributed by atoms with Crippen molar-refractivity contribution in [3.05, 3.63) is 23.7 Å². The number of hydrogen-bond acceptors (Lipinski definition) is 4. The Kier molecular flexibility index (Phi) is 6.26. The predicted octanol–water partition coefficient (Wildman–Crippen LogP) is 1.64. The SMILES string of the molecule is COCCNCC(C)N(C)Cc1ccc(C)o1. The van der Waals surface area contributed by atoms with E-state index in [0.29, 0.717) is 6.04 Å². The van der Waals surface area contributed by atoms with Crippen molar-refractivity contribution in [2.24, 2.45) is 0 Å². The molecule has 0 aliphatic heterocycles. The minimum Gasteiger partial charge on any atom is -0.465 e. The number of nitrogens with zero attached hydrogens (tertiary/aromatic N) is 1. The summed E-state index contributed by atoms with van der Waals surface area (Å²) in [5.41, 5.74) is 0. The first-order chi connectivity index (χ1) is 8.13. The lowest BCUT2D eigenvalue weighted by Gasteiger charge is -2.24. The molecular weight excluding hydrogens is 216 g/mol. The van der Waals surface area contributed by atoms with Gasteiger partial charge in [-0.2, -0.15) is 0 Å². The van der Waals surface area contributed by atoms with Crippen LogP contribution in [0.2, 0.25) is 0 Å². The lowest BCUT2D eigenvalue weighted by atomic mass is 10.3. The maximum atomic E-state index is 5.57. The minimum atomic E-state index is 0.470. The van der Waals surface area contributed by atoms with Crippen molar-refractivity contribution in [1.82, 2.24) is 10.2 Å². The second kappa shape index (κ2) is 7.48. The highest BCUT2D eigenvalue weighted by atomic mass is 16.5. The lowest BCUT2D eigenvalue weighted by Crippen LogP contribution is -2.38. The van der Waals surface area contributed by atoms with Crippen molar-refractivity contribution in [2.75, 3.05) is 33.9 Å². The van der Waals surface area contributed by atoms with Crippen molar-refractivity contribution in [3.63, 3.8) is 0 Å². The molecular formula is C13H24N2O2. The summed E-state index contributed by atoms with van der Waals surface area (Å²) in [5.74, 6) is 1.99. The zero-order chi connectivity index (χ0) is 12.7. The van der Waals surface area contributed by atoms with Crippen LogP contribution in [-0.4, -0.2) is 44.8 Å². The van der Waals surface area contributed by atoms with Gasteiger partial charge in [-0.3, -0.25) is 4.90 Å². The van der Waals surface area contributed by atoms with Crippen LogP contribution in [0.15, 0.2) is 16.5 Å². The van der Waals surface area contributed by atoms with E-state index in [4.69, 9.17) is 9.15 Å². The molecule has 0 saturated carbocycles. The van der Waals surface area contributed by atoms with Gasteiger partial charge in [0.1, 0.15) is 11.5 Å². The van der Waals surface area contributed by atoms with Gasteiger partial charge in [0.05, 0.1) is 13.2 Å². The Labute approximate surface area is 104 Å². The Balaban J connectivity index is 2.24. The smallest absolute Gasteiger partial charge is 0.118 e. The molecule has 0 fully saturated rings. The van der Waals surface area contributed by atoms with Crippen molar-refractivity contribution < 1.29 is 9.15 Å². The molecule has 1 N–H and O–H groups in total. The molecule has 1 heterocycles. The van der Waals surface area contributed by atoms with Crippen molar-refractivity contribution in [1.29, 1.82) is 0 Å². The van der Waals surface area contributed by atoms with Gasteiger partial charge in [0.15, 0.2) is 0 Å². The fourth-order valence-corrected chi connectivity index (χ4v) is 1.61. The van der Waals surface area contributed by atoms with Gasteiger partial charge in [-0.1, -0.05) is 0 Å². The van der Waals surface area contributed by atoms with Crippen molar-refractivity contribution in [3.8, 4) is 0 Å². The van der Waals surface area contributed by atoms with Gasteiger partial charge < -0.3 is 14.5 Å². The molecule has 17 heavy (non-hydrogen) atoms. The summed E-state index contributed by atoms with van der Waals surface area (Å²) in [7, 11) is 3.83. The molecule has 1 unspecified atom stereocenters. The highest BCUT2D eigenvalue weighted by Crippen LogP contribution is 2.09. The molecule has 1 aromatic heterocycles. The molecule has 1 atom stereocenters. The van der Waals surface area contributed by atoms with Crippen LogP contribution in [0.4, 0.5) is 0 Å². The fraction of sp³-hybridized carbons (Fsp3) is 0.692. The molecule has 0 aliphatic rings. The Hall–Kier alpha value is -0.840. The Morgan fingerprint density at radius 1 is 1.47 bits per heavy atom. The number of aryl methyl sites for hydroxylation is 1. The summed E-state index contributed by atoms with van der Waals surface area (Å²) >= 11 is 0. The van der Waals surface area contributed by atoms with Crippen LogP contribution < -0.4 is 5.32 Å². The van der Waals surface area contributed by atoms with Crippen LogP contribution in [0.3, 0.4) is 0 Å². The zero-order valence-corrected chi connectivity index (χ0v) is 11.3. The summed E-state index contributed by atoms with van der Waals surface area (Å²) in [6.45, 7) is 7.64. The largest absolute Gasteiger partial charge is 0.465 e. The second-order valence-corrected chi connectivity index (χ2v) is 4.47. The fourth-order valence-electron chi connectivity index (χ4n) is 1.61. The summed E-state index contributed by atoms with van der Waals surface area (Å²) in [6.07, 6.45) is 0. The van der Waals surface area contributed by atoms with E-state index in [9.17, 15) is 0 Å². The van der Waals surface area contributed by atoms with E-state index in [2.05, 4.69) is 24.2 Å². The molecule has 0 amide bonds. The average molecular weight is 240 g/mol. The zero-order valence-electron chi connectivity index (χ0n) is 11.3. The van der Waals surface area contributed by atoms with Gasteiger partial charge in [0, 0.05) is 26.2 Å². The maximum absolute atomic E-state index is 5.57. The third-order valence-corrected chi connectivity index (χ3v) is 2.88. The van der Waals surface area contributed by atoms with Gasteiger partial charge in [0.25, 0.3) is 0 Å². The number of likely N-dealkylation sites (N-methyl/N-ethyl adjacent to an activating group) is 1. The van der Waals surface area contributed by atoms with E-state index in [1.807, 2.05) is 19.1 Å². The van der Waals surface area contributed by atoms with E-state index >= 15 is 0 Å². The second-order valence-electron chi connectivity index (χ2n) is 4.47. The number of furan rings is 1. The van der Waals surface area contributed by atoms with Gasteiger partial charge in [0.2, 0.25) is 0 Å². The summed E-state index contributed by atoms with van der Waals surface area (Å²) in [5, 5.41) is 3.36. The van der Waals surface area contributed by atoms with E-state index in [-0.39, 0.29) is 0 Å². The predicted molar refractivity (Wildman–Crippen MR) is 69.1 cm³/mol. The molecule has 0 aliphatic carbocycles. The van der Waals surface area contributed by atoms with Crippen LogP contribution >= 0.6 is 0 Å². The molecule has 0 radical (unpaired) electrons. The molecule has 1 aromatic rings. The molecule has 0 spiro atoms. The molecule has 4 nitrogen and oxygen atoms in total. The quantitative estimate of drug-likeness (QED) is 0.701. The monoisotopic (exact) mass is 240 g/mol. The first-order valence-corrected chi connectivity index (χ1v) is 6.08. The Morgan fingerprint density at radius 2 is 2.24 bits per heavy atom. The summed E-state index contributed by atoms with van der Waals surface area (Å²) in [4.78, 5) is 2.28. The van der Waals surface area contributed by atoms with E-state index in [1.54, 1.807) is 7.11 Å². The van der Waals surface area contributed by atoms with Crippen LogP contribution in [-0.2, 0) is 11.3 Å². The number of ether oxygens (including phenoxy) is 1. The Bertz CT molecular complexity index is 312. The van der Waals surface area contributed by atoms with Crippen molar-refractivity contribution >= 4 is 0 Å². The van der Waals surface area contributed by atoms with Crippen LogP contribution in [0.5, 0.6) is 0 Å². The lowest BCUT2D eigenvalue weighted by molar-refractivity contribution is 0.188. The van der Waals surface area contributed by atoms with E-state index < -0.39 is 0 Å². The first kappa shape index (κ1) is 14.2. The van der Waals surface area contributed by atoms with Gasteiger partial charge in [-0.05, 0) is 33.0 Å². The molecule has 0 saturated heterocycles. The van der Waals surface area contributed by atoms with Crippen LogP contribution in [0.25, 0.3) is 0 Å². The Morgan fingerprint density at radius 3 is 2.82 bits per heavy atom. The molecule has 4 heteroatoms. The van der Waals surface area contributed by atoms with Crippen LogP contribution in [0, 0.1) is 6.92 Å². The van der Waals surface area contributed by atoms with Gasteiger partial charge in [-0.25, -0.2) is 0 Å². The molecule has 98 valence electrons. The molecule has 1 rings (SSSR count). The third-order valence-electron chi connectivity index (χ3n) is 2.88. The van der Waals surface area contributed by atoms with Gasteiger partial charge in [-0.15, -0.1) is 0 Å².